The first-order valence-corrected chi connectivity index (χ1v) is 16.8. The number of hydrogen-bond acceptors (Lipinski definition) is 7. The van der Waals surface area contributed by atoms with Crippen molar-refractivity contribution in [3.05, 3.63) is 30.1 Å². The molecule has 2 rings (SSSR count). The molecule has 9 nitrogen and oxygen atoms in total. The van der Waals surface area contributed by atoms with Crippen LogP contribution in [0.4, 0.5) is 9.59 Å². The van der Waals surface area contributed by atoms with E-state index in [9.17, 15) is 14.4 Å². The average molecular weight is 604 g/mol. The lowest BCUT2D eigenvalue weighted by molar-refractivity contribution is -0.129. The summed E-state index contributed by atoms with van der Waals surface area (Å²) in [4.78, 5) is 42.2. The monoisotopic (exact) mass is 603 g/mol. The number of rotatable bonds is 23. The van der Waals surface area contributed by atoms with E-state index >= 15 is 0 Å². The molecule has 1 atom stereocenters. The predicted molar refractivity (Wildman–Crippen MR) is 169 cm³/mol. The Morgan fingerprint density at radius 2 is 1.44 bits per heavy atom. The average Bonchev–Trinajstić information content (AvgIpc) is 3.48. The minimum absolute atomic E-state index is 0.0150. The highest BCUT2D eigenvalue weighted by Gasteiger charge is 2.39. The van der Waals surface area contributed by atoms with E-state index in [-0.39, 0.29) is 19.8 Å². The molecule has 1 aliphatic rings. The van der Waals surface area contributed by atoms with E-state index in [0.717, 1.165) is 24.2 Å². The molecule has 3 amide bonds. The molecule has 2 heterocycles. The standard InChI is InChI=1S/C34H57N3O6/c1-3-4-5-6-7-8-9-10-11-12-13-14-15-16-17-19-25-36-32(39)41-28-34(23-21-26-43-34)29-42-33(40)37(30(2)38)27-31-22-18-20-24-35-31/h18,20,22,24H,3-17,19,21,23,25-29H2,1-2H3,(H,36,39). The quantitative estimate of drug-likeness (QED) is 0.126. The Labute approximate surface area is 259 Å². The zero-order valence-corrected chi connectivity index (χ0v) is 26.9. The van der Waals surface area contributed by atoms with Gasteiger partial charge >= 0.3 is 12.2 Å². The topological polar surface area (TPSA) is 107 Å². The smallest absolute Gasteiger partial charge is 0.416 e. The summed E-state index contributed by atoms with van der Waals surface area (Å²) < 4.78 is 16.7. The maximum Gasteiger partial charge on any atom is 0.416 e. The summed E-state index contributed by atoms with van der Waals surface area (Å²) in [6, 6.07) is 5.28. The minimum atomic E-state index is -0.908. The molecule has 1 aromatic heterocycles. The summed E-state index contributed by atoms with van der Waals surface area (Å²) in [5.74, 6) is -0.443. The van der Waals surface area contributed by atoms with Crippen molar-refractivity contribution in [1.29, 1.82) is 0 Å². The molecule has 1 aliphatic heterocycles. The Kier molecular flexibility index (Phi) is 19.4. The fourth-order valence-electron chi connectivity index (χ4n) is 5.37. The molecular weight excluding hydrogens is 546 g/mol. The van der Waals surface area contributed by atoms with E-state index in [1.807, 2.05) is 0 Å². The van der Waals surface area contributed by atoms with Gasteiger partial charge in [-0.25, -0.2) is 14.5 Å². The summed E-state index contributed by atoms with van der Waals surface area (Å²) in [6.45, 7) is 4.52. The largest absolute Gasteiger partial charge is 0.446 e. The first kappa shape index (κ1) is 36.5. The molecule has 1 fully saturated rings. The van der Waals surface area contributed by atoms with Gasteiger partial charge in [-0.2, -0.15) is 0 Å². The van der Waals surface area contributed by atoms with Crippen molar-refractivity contribution >= 4 is 18.1 Å². The van der Waals surface area contributed by atoms with Crippen molar-refractivity contribution in [2.24, 2.45) is 0 Å². The molecule has 1 saturated heterocycles. The molecular formula is C34H57N3O6. The van der Waals surface area contributed by atoms with Crippen molar-refractivity contribution in [2.75, 3.05) is 26.4 Å². The highest BCUT2D eigenvalue weighted by molar-refractivity contribution is 5.90. The Hall–Kier alpha value is -2.68. The van der Waals surface area contributed by atoms with Crippen molar-refractivity contribution in [1.82, 2.24) is 15.2 Å². The van der Waals surface area contributed by atoms with E-state index < -0.39 is 23.7 Å². The van der Waals surface area contributed by atoms with Gasteiger partial charge in [0.2, 0.25) is 5.91 Å². The predicted octanol–water partition coefficient (Wildman–Crippen LogP) is 8.10. The number of hydrogen-bond donors (Lipinski definition) is 1. The van der Waals surface area contributed by atoms with Crippen LogP contribution in [0.2, 0.25) is 0 Å². The molecule has 1 N–H and O–H groups in total. The third-order valence-corrected chi connectivity index (χ3v) is 8.06. The van der Waals surface area contributed by atoms with Crippen LogP contribution in [0.25, 0.3) is 0 Å². The summed E-state index contributed by atoms with van der Waals surface area (Å²) in [7, 11) is 0. The highest BCUT2D eigenvalue weighted by Crippen LogP contribution is 2.27. The summed E-state index contributed by atoms with van der Waals surface area (Å²) >= 11 is 0. The van der Waals surface area contributed by atoms with Crippen LogP contribution < -0.4 is 5.32 Å². The van der Waals surface area contributed by atoms with Crippen LogP contribution in [0.5, 0.6) is 0 Å². The number of ether oxygens (including phenoxy) is 3. The van der Waals surface area contributed by atoms with Crippen LogP contribution in [0.15, 0.2) is 24.4 Å². The van der Waals surface area contributed by atoms with Gasteiger partial charge in [0.25, 0.3) is 0 Å². The number of amides is 3. The van der Waals surface area contributed by atoms with Gasteiger partial charge in [-0.3, -0.25) is 9.78 Å². The highest BCUT2D eigenvalue weighted by atomic mass is 16.6. The fraction of sp³-hybridized carbons (Fsp3) is 0.765. The summed E-state index contributed by atoms with van der Waals surface area (Å²) in [5.41, 5.74) is -0.333. The van der Waals surface area contributed by atoms with Gasteiger partial charge in [0.15, 0.2) is 0 Å². The van der Waals surface area contributed by atoms with Crippen LogP contribution in [0.1, 0.15) is 135 Å². The van der Waals surface area contributed by atoms with E-state index in [4.69, 9.17) is 14.2 Å². The third kappa shape index (κ3) is 16.7. The number of aromatic nitrogens is 1. The maximum absolute atomic E-state index is 12.7. The Bertz CT molecular complexity index is 891. The first-order valence-electron chi connectivity index (χ1n) is 16.8. The molecule has 244 valence electrons. The summed E-state index contributed by atoms with van der Waals surface area (Å²) in [6.07, 6.45) is 22.6. The lowest BCUT2D eigenvalue weighted by atomic mass is 10.0. The van der Waals surface area contributed by atoms with Gasteiger partial charge < -0.3 is 19.5 Å². The van der Waals surface area contributed by atoms with E-state index in [1.165, 1.54) is 96.8 Å². The number of pyridine rings is 1. The zero-order valence-electron chi connectivity index (χ0n) is 26.9. The van der Waals surface area contributed by atoms with Crippen LogP contribution >= 0.6 is 0 Å². The first-order chi connectivity index (χ1) is 21.0. The second kappa shape index (κ2) is 22.8. The molecule has 9 heteroatoms. The van der Waals surface area contributed by atoms with Gasteiger partial charge in [0, 0.05) is 26.3 Å². The van der Waals surface area contributed by atoms with E-state index in [1.54, 1.807) is 24.4 Å². The maximum atomic E-state index is 12.7. The van der Waals surface area contributed by atoms with Crippen molar-refractivity contribution in [3.63, 3.8) is 0 Å². The number of carbonyl (C=O) groups excluding carboxylic acids is 3. The fourth-order valence-corrected chi connectivity index (χ4v) is 5.37. The molecule has 0 bridgehead atoms. The van der Waals surface area contributed by atoms with Crippen molar-refractivity contribution in [3.8, 4) is 0 Å². The van der Waals surface area contributed by atoms with Crippen molar-refractivity contribution < 1.29 is 28.6 Å². The number of nitrogens with zero attached hydrogens (tertiary/aromatic N) is 2. The van der Waals surface area contributed by atoms with Crippen LogP contribution in [0, 0.1) is 0 Å². The normalized spacial score (nSPS) is 16.1. The molecule has 1 aromatic rings. The Balaban J connectivity index is 1.50. The number of carbonyl (C=O) groups is 3. The van der Waals surface area contributed by atoms with Crippen LogP contribution in [-0.2, 0) is 25.5 Å². The zero-order chi connectivity index (χ0) is 31.0. The van der Waals surface area contributed by atoms with Gasteiger partial charge in [0.1, 0.15) is 18.8 Å². The molecule has 0 aliphatic carbocycles. The Morgan fingerprint density at radius 3 is 1.95 bits per heavy atom. The van der Waals surface area contributed by atoms with E-state index in [2.05, 4.69) is 17.2 Å². The third-order valence-electron chi connectivity index (χ3n) is 8.06. The lowest BCUT2D eigenvalue weighted by Gasteiger charge is -2.28. The molecule has 1 unspecified atom stereocenters. The van der Waals surface area contributed by atoms with Crippen molar-refractivity contribution in [2.45, 2.75) is 142 Å². The molecule has 0 spiro atoms. The number of unbranched alkanes of at least 4 members (excludes halogenated alkanes) is 15. The second-order valence-corrected chi connectivity index (χ2v) is 11.9. The molecule has 0 radical (unpaired) electrons. The minimum Gasteiger partial charge on any atom is -0.446 e. The van der Waals surface area contributed by atoms with Gasteiger partial charge in [-0.05, 0) is 31.4 Å². The lowest BCUT2D eigenvalue weighted by Crippen LogP contribution is -2.44. The number of imide groups is 1. The SMILES string of the molecule is CCCCCCCCCCCCCCCCCCNC(=O)OCC1(COC(=O)N(Cc2ccccn2)C(C)=O)CCCO1. The summed E-state index contributed by atoms with van der Waals surface area (Å²) in [5, 5.41) is 2.81. The van der Waals surface area contributed by atoms with Gasteiger partial charge in [-0.1, -0.05) is 109 Å². The van der Waals surface area contributed by atoms with Crippen LogP contribution in [-0.4, -0.2) is 59.9 Å². The van der Waals surface area contributed by atoms with Gasteiger partial charge in [0.05, 0.1) is 12.2 Å². The molecule has 43 heavy (non-hydrogen) atoms. The number of alkyl carbamates (subject to hydrolysis) is 1. The molecule has 0 aromatic carbocycles. The van der Waals surface area contributed by atoms with Gasteiger partial charge in [-0.15, -0.1) is 0 Å². The Morgan fingerprint density at radius 1 is 0.860 bits per heavy atom. The number of nitrogens with one attached hydrogen (secondary N) is 1. The van der Waals surface area contributed by atoms with E-state index in [0.29, 0.717) is 25.3 Å². The second-order valence-electron chi connectivity index (χ2n) is 11.9. The molecule has 0 saturated carbocycles. The van der Waals surface area contributed by atoms with Crippen LogP contribution in [0.3, 0.4) is 0 Å².